The Hall–Kier alpha value is -2.36. The number of rotatable bonds is 1. The molecule has 4 heteroatoms. The number of benzene rings is 1. The van der Waals surface area contributed by atoms with Gasteiger partial charge in [0.05, 0.1) is 0 Å². The molecule has 0 N–H and O–H groups in total. The van der Waals surface area contributed by atoms with Gasteiger partial charge in [0, 0.05) is 18.5 Å². The number of allylic oxidation sites excluding steroid dienone is 1. The minimum atomic E-state index is -0.546. The zero-order chi connectivity index (χ0) is 15.1. The minimum absolute atomic E-state index is 0.140. The maximum absolute atomic E-state index is 12.6. The van der Waals surface area contributed by atoms with Crippen molar-refractivity contribution >= 4 is 16.9 Å². The second-order valence-corrected chi connectivity index (χ2v) is 5.98. The van der Waals surface area contributed by atoms with Crippen molar-refractivity contribution in [3.8, 4) is 0 Å². The molecule has 1 aromatic heterocycles. The molecule has 0 radical (unpaired) electrons. The van der Waals surface area contributed by atoms with Crippen molar-refractivity contribution in [1.82, 2.24) is 4.90 Å². The van der Waals surface area contributed by atoms with Crippen LogP contribution in [0.3, 0.4) is 0 Å². The van der Waals surface area contributed by atoms with Crippen molar-refractivity contribution in [3.63, 3.8) is 0 Å². The van der Waals surface area contributed by atoms with E-state index in [9.17, 15) is 9.59 Å². The number of carbonyl (C=O) groups is 1. The normalized spacial score (nSPS) is 17.9. The summed E-state index contributed by atoms with van der Waals surface area (Å²) >= 11 is 0. The summed E-state index contributed by atoms with van der Waals surface area (Å²) in [6, 6.07) is 8.91. The number of amides is 1. The number of hydrogen-bond donors (Lipinski definition) is 0. The Morgan fingerprint density at radius 3 is 2.41 bits per heavy atom. The molecule has 22 heavy (non-hydrogen) atoms. The van der Waals surface area contributed by atoms with E-state index in [1.54, 1.807) is 22.6 Å². The van der Waals surface area contributed by atoms with Crippen LogP contribution < -0.4 is 5.63 Å². The van der Waals surface area contributed by atoms with E-state index in [1.165, 1.54) is 18.4 Å². The average molecular weight is 295 g/mol. The standard InChI is InChI=1S/C18H17NO3/c20-17(19-9-7-13(8-10-19)12-5-6-12)15-11-14-3-1-2-4-16(14)22-18(15)21/h1-4,11H,5-10H2. The first kappa shape index (κ1) is 13.3. The van der Waals surface area contributed by atoms with Gasteiger partial charge in [0.1, 0.15) is 11.1 Å². The Bertz CT molecular complexity index is 831. The Balaban J connectivity index is 1.61. The van der Waals surface area contributed by atoms with Gasteiger partial charge >= 0.3 is 5.63 Å². The fraction of sp³-hybridized carbons (Fsp3) is 0.333. The predicted molar refractivity (Wildman–Crippen MR) is 83.9 cm³/mol. The average Bonchev–Trinajstić information content (AvgIpc) is 3.39. The highest BCUT2D eigenvalue weighted by Gasteiger charge is 2.26. The molecule has 2 heterocycles. The van der Waals surface area contributed by atoms with Crippen molar-refractivity contribution in [1.29, 1.82) is 0 Å². The van der Waals surface area contributed by atoms with Crippen LogP contribution >= 0.6 is 0 Å². The first-order valence-electron chi connectivity index (χ1n) is 7.74. The molecule has 0 atom stereocenters. The van der Waals surface area contributed by atoms with Gasteiger partial charge in [0.15, 0.2) is 0 Å². The summed E-state index contributed by atoms with van der Waals surface area (Å²) in [7, 11) is 0. The molecule has 4 nitrogen and oxygen atoms in total. The monoisotopic (exact) mass is 295 g/mol. The molecule has 0 spiro atoms. The summed E-state index contributed by atoms with van der Waals surface area (Å²) in [4.78, 5) is 26.5. The van der Waals surface area contributed by atoms with Gasteiger partial charge in [0.25, 0.3) is 5.91 Å². The maximum atomic E-state index is 12.6. The van der Waals surface area contributed by atoms with E-state index in [1.807, 2.05) is 18.2 Å². The van der Waals surface area contributed by atoms with Gasteiger partial charge in [-0.1, -0.05) is 29.3 Å². The Kier molecular flexibility index (Phi) is 3.10. The molecule has 1 aliphatic carbocycles. The van der Waals surface area contributed by atoms with Crippen LogP contribution in [0.1, 0.15) is 36.0 Å². The Morgan fingerprint density at radius 2 is 1.68 bits per heavy atom. The lowest BCUT2D eigenvalue weighted by atomic mass is 10.0. The van der Waals surface area contributed by atoms with Crippen molar-refractivity contribution < 1.29 is 9.21 Å². The molecule has 1 amide bonds. The van der Waals surface area contributed by atoms with E-state index in [0.717, 1.165) is 18.2 Å². The highest BCUT2D eigenvalue weighted by atomic mass is 16.4. The van der Waals surface area contributed by atoms with Crippen LogP contribution in [0.15, 0.2) is 50.7 Å². The van der Waals surface area contributed by atoms with Gasteiger partial charge in [-0.05, 0) is 37.8 Å². The van der Waals surface area contributed by atoms with Gasteiger partial charge in [-0.2, -0.15) is 0 Å². The number of hydrogen-bond acceptors (Lipinski definition) is 3. The molecule has 2 aliphatic rings. The second-order valence-electron chi connectivity index (χ2n) is 5.98. The summed E-state index contributed by atoms with van der Waals surface area (Å²) in [5, 5.41) is 0.781. The zero-order valence-corrected chi connectivity index (χ0v) is 12.3. The van der Waals surface area contributed by atoms with Gasteiger partial charge < -0.3 is 9.32 Å². The lowest BCUT2D eigenvalue weighted by molar-refractivity contribution is 0.0739. The largest absolute Gasteiger partial charge is 0.422 e. The van der Waals surface area contributed by atoms with Crippen molar-refractivity contribution in [2.24, 2.45) is 0 Å². The number of likely N-dealkylation sites (tertiary alicyclic amines) is 1. The van der Waals surface area contributed by atoms with Gasteiger partial charge in [-0.15, -0.1) is 0 Å². The highest BCUT2D eigenvalue weighted by molar-refractivity contribution is 5.96. The third-order valence-electron chi connectivity index (χ3n) is 4.53. The summed E-state index contributed by atoms with van der Waals surface area (Å²) in [6.45, 7) is 1.40. The number of fused-ring (bicyclic) bond motifs is 1. The lowest BCUT2D eigenvalue weighted by Crippen LogP contribution is -2.38. The van der Waals surface area contributed by atoms with Gasteiger partial charge in [-0.25, -0.2) is 4.79 Å². The van der Waals surface area contributed by atoms with Crippen LogP contribution in [0.25, 0.3) is 11.0 Å². The summed E-state index contributed by atoms with van der Waals surface area (Å²) in [5.74, 6) is -0.209. The van der Waals surface area contributed by atoms with Crippen LogP contribution in [0, 0.1) is 0 Å². The number of carbonyl (C=O) groups excluding carboxylic acids is 1. The van der Waals surface area contributed by atoms with Gasteiger partial charge in [-0.3, -0.25) is 4.79 Å². The molecule has 2 aromatic rings. The predicted octanol–water partition coefficient (Wildman–Crippen LogP) is 3.12. The molecule has 4 rings (SSSR count). The van der Waals surface area contributed by atoms with Crippen LogP contribution in [-0.2, 0) is 0 Å². The molecule has 1 aromatic carbocycles. The Morgan fingerprint density at radius 1 is 1.00 bits per heavy atom. The van der Waals surface area contributed by atoms with Crippen LogP contribution in [-0.4, -0.2) is 23.9 Å². The van der Waals surface area contributed by atoms with E-state index in [0.29, 0.717) is 18.7 Å². The van der Waals surface area contributed by atoms with E-state index < -0.39 is 5.63 Å². The molecular formula is C18H17NO3. The molecule has 0 bridgehead atoms. The van der Waals surface area contributed by atoms with Crippen LogP contribution in [0.2, 0.25) is 0 Å². The Labute approximate surface area is 128 Å². The fourth-order valence-corrected chi connectivity index (χ4v) is 3.13. The van der Waals surface area contributed by atoms with Crippen molar-refractivity contribution in [2.75, 3.05) is 13.1 Å². The number of piperidine rings is 1. The fourth-order valence-electron chi connectivity index (χ4n) is 3.13. The van der Waals surface area contributed by atoms with E-state index in [2.05, 4.69) is 0 Å². The van der Waals surface area contributed by atoms with E-state index >= 15 is 0 Å². The first-order valence-corrected chi connectivity index (χ1v) is 7.74. The van der Waals surface area contributed by atoms with E-state index in [-0.39, 0.29) is 11.5 Å². The quantitative estimate of drug-likeness (QED) is 0.600. The SMILES string of the molecule is O=C(c1cc2ccccc2oc1=O)N1CCC(=C2CC2)CC1. The highest BCUT2D eigenvalue weighted by Crippen LogP contribution is 2.36. The van der Waals surface area contributed by atoms with Gasteiger partial charge in [0.2, 0.25) is 0 Å². The molecule has 0 unspecified atom stereocenters. The van der Waals surface area contributed by atoms with Crippen LogP contribution in [0.5, 0.6) is 0 Å². The topological polar surface area (TPSA) is 50.5 Å². The first-order chi connectivity index (χ1) is 10.7. The summed E-state index contributed by atoms with van der Waals surface area (Å²) < 4.78 is 5.26. The third-order valence-corrected chi connectivity index (χ3v) is 4.53. The van der Waals surface area contributed by atoms with Crippen LogP contribution in [0.4, 0.5) is 0 Å². The zero-order valence-electron chi connectivity index (χ0n) is 12.3. The molecule has 1 aliphatic heterocycles. The molecule has 2 fully saturated rings. The second kappa shape index (κ2) is 5.13. The van der Waals surface area contributed by atoms with Crippen molar-refractivity contribution in [3.05, 3.63) is 57.5 Å². The molecule has 112 valence electrons. The summed E-state index contributed by atoms with van der Waals surface area (Å²) in [6.07, 6.45) is 4.36. The minimum Gasteiger partial charge on any atom is -0.422 e. The third kappa shape index (κ3) is 2.34. The maximum Gasteiger partial charge on any atom is 0.349 e. The smallest absolute Gasteiger partial charge is 0.349 e. The molecule has 1 saturated carbocycles. The van der Waals surface area contributed by atoms with E-state index in [4.69, 9.17) is 4.42 Å². The van der Waals surface area contributed by atoms with Crippen molar-refractivity contribution in [2.45, 2.75) is 25.7 Å². The number of para-hydroxylation sites is 1. The molecular weight excluding hydrogens is 278 g/mol. The lowest BCUT2D eigenvalue weighted by Gasteiger charge is -2.28. The molecule has 1 saturated heterocycles. The summed E-state index contributed by atoms with van der Waals surface area (Å²) in [5.41, 5.74) is 3.21. The number of nitrogens with zero attached hydrogens (tertiary/aromatic N) is 1.